The first-order chi connectivity index (χ1) is 12.3. The zero-order valence-electron chi connectivity index (χ0n) is 17.2. The van der Waals surface area contributed by atoms with Gasteiger partial charge in [0, 0.05) is 40.6 Å². The summed E-state index contributed by atoms with van der Waals surface area (Å²) in [5, 5.41) is 6.60. The molecule has 0 saturated carbocycles. The van der Waals surface area contributed by atoms with E-state index in [4.69, 9.17) is 23.7 Å². The van der Waals surface area contributed by atoms with E-state index in [1.807, 2.05) is 25.8 Å². The Morgan fingerprint density at radius 3 is 1.85 bits per heavy atom. The van der Waals surface area contributed by atoms with Crippen LogP contribution in [0.5, 0.6) is 0 Å². The molecule has 1 fully saturated rings. The van der Waals surface area contributed by atoms with E-state index in [2.05, 4.69) is 5.10 Å². The number of hydrogen-bond acceptors (Lipinski definition) is 8. The maximum Gasteiger partial charge on any atom is 0.311 e. The van der Waals surface area contributed by atoms with Crippen molar-refractivity contribution in [3.8, 4) is 0 Å². The van der Waals surface area contributed by atoms with E-state index in [1.165, 1.54) is 7.11 Å². The first kappa shape index (κ1) is 22.8. The van der Waals surface area contributed by atoms with E-state index >= 15 is 0 Å². The summed E-state index contributed by atoms with van der Waals surface area (Å²) in [5.74, 6) is -0.409. The van der Waals surface area contributed by atoms with Gasteiger partial charge >= 0.3 is 5.97 Å². The molecule has 0 spiro atoms. The third kappa shape index (κ3) is 4.73. The summed E-state index contributed by atoms with van der Waals surface area (Å²) in [6, 6.07) is -0.250. The molecule has 1 aliphatic heterocycles. The topological polar surface area (TPSA) is 78.8 Å². The lowest BCUT2D eigenvalue weighted by Crippen LogP contribution is -2.41. The van der Waals surface area contributed by atoms with Gasteiger partial charge in [-0.05, 0) is 13.8 Å². The molecule has 1 unspecified atom stereocenters. The van der Waals surface area contributed by atoms with Gasteiger partial charge in [-0.25, -0.2) is 0 Å². The van der Waals surface area contributed by atoms with Crippen LogP contribution >= 0.6 is 0 Å². The number of rotatable bonds is 10. The van der Waals surface area contributed by atoms with E-state index in [0.29, 0.717) is 13.2 Å². The maximum atomic E-state index is 12.0. The molecule has 1 heterocycles. The summed E-state index contributed by atoms with van der Waals surface area (Å²) in [6.45, 7) is 6.49. The number of hydrogen-bond donors (Lipinski definition) is 0. The van der Waals surface area contributed by atoms with Crippen molar-refractivity contribution in [2.45, 2.75) is 45.1 Å². The van der Waals surface area contributed by atoms with Gasteiger partial charge in [0.25, 0.3) is 0 Å². The highest BCUT2D eigenvalue weighted by atomic mass is 16.5. The summed E-state index contributed by atoms with van der Waals surface area (Å²) < 4.78 is 27.0. The summed E-state index contributed by atoms with van der Waals surface area (Å²) >= 11 is 0. The molecule has 1 aliphatic rings. The van der Waals surface area contributed by atoms with Gasteiger partial charge in [-0.1, -0.05) is 6.92 Å². The Labute approximate surface area is 156 Å². The average molecular weight is 374 g/mol. The molecule has 1 rings (SSSR count). The van der Waals surface area contributed by atoms with Crippen LogP contribution in [0.4, 0.5) is 0 Å². The monoisotopic (exact) mass is 374 g/mol. The standard InChI is InChI=1S/C18H34N2O6/c1-12(18(2,3)17(21)26-8)9-19-20-13(10-22-4)15(24-6)16(25-7)14(20)11-23-5/h9,12-16H,10-11H2,1-8H3/b19-9+/t12?,13-,14-,15+,16+/m0/s1. The molecular formula is C18H34N2O6. The Hall–Kier alpha value is -1.22. The van der Waals surface area contributed by atoms with E-state index in [0.717, 1.165) is 0 Å². The number of nitrogens with zero attached hydrogens (tertiary/aromatic N) is 2. The molecule has 1 saturated heterocycles. The van der Waals surface area contributed by atoms with Crippen molar-refractivity contribution in [2.75, 3.05) is 48.8 Å². The normalized spacial score (nSPS) is 27.9. The molecule has 8 nitrogen and oxygen atoms in total. The average Bonchev–Trinajstić information content (AvgIpc) is 2.91. The van der Waals surface area contributed by atoms with Gasteiger partial charge in [0.05, 0.1) is 37.8 Å². The molecule has 26 heavy (non-hydrogen) atoms. The summed E-state index contributed by atoms with van der Waals surface area (Å²) in [5.41, 5.74) is -0.688. The predicted octanol–water partition coefficient (Wildman–Crippen LogP) is 1.18. The quantitative estimate of drug-likeness (QED) is 0.420. The summed E-state index contributed by atoms with van der Waals surface area (Å²) in [4.78, 5) is 12.0. The highest BCUT2D eigenvalue weighted by Crippen LogP contribution is 2.31. The predicted molar refractivity (Wildman–Crippen MR) is 98.2 cm³/mol. The van der Waals surface area contributed by atoms with Gasteiger partial charge in [-0.2, -0.15) is 5.10 Å². The zero-order chi connectivity index (χ0) is 19.9. The van der Waals surface area contributed by atoms with Crippen LogP contribution in [0.3, 0.4) is 0 Å². The van der Waals surface area contributed by atoms with Crippen molar-refractivity contribution in [1.82, 2.24) is 5.01 Å². The molecular weight excluding hydrogens is 340 g/mol. The molecule has 0 aliphatic carbocycles. The molecule has 0 amide bonds. The van der Waals surface area contributed by atoms with Gasteiger partial charge in [-0.3, -0.25) is 9.80 Å². The lowest BCUT2D eigenvalue weighted by atomic mass is 9.81. The van der Waals surface area contributed by atoms with Gasteiger partial charge in [-0.15, -0.1) is 0 Å². The smallest absolute Gasteiger partial charge is 0.311 e. The Morgan fingerprint density at radius 2 is 1.50 bits per heavy atom. The van der Waals surface area contributed by atoms with Crippen LogP contribution in [-0.4, -0.2) is 90.2 Å². The molecule has 0 aromatic rings. The van der Waals surface area contributed by atoms with Crippen molar-refractivity contribution < 1.29 is 28.5 Å². The highest BCUT2D eigenvalue weighted by Gasteiger charge is 2.50. The van der Waals surface area contributed by atoms with Gasteiger partial charge in [0.15, 0.2) is 0 Å². The molecule has 152 valence electrons. The van der Waals surface area contributed by atoms with Crippen LogP contribution in [0, 0.1) is 11.3 Å². The Kier molecular flexibility index (Phi) is 8.95. The highest BCUT2D eigenvalue weighted by molar-refractivity contribution is 5.80. The first-order valence-electron chi connectivity index (χ1n) is 8.74. The van der Waals surface area contributed by atoms with Crippen LogP contribution in [-0.2, 0) is 28.5 Å². The number of hydrazone groups is 1. The van der Waals surface area contributed by atoms with Crippen molar-refractivity contribution in [1.29, 1.82) is 0 Å². The van der Waals surface area contributed by atoms with Crippen molar-refractivity contribution in [3.05, 3.63) is 0 Å². The van der Waals surface area contributed by atoms with Crippen LogP contribution in [0.25, 0.3) is 0 Å². The van der Waals surface area contributed by atoms with E-state index < -0.39 is 5.41 Å². The SMILES string of the molecule is COC[C@H]1[C@@H](OC)[C@H](OC)[C@H](COC)N1/N=C/C(C)C(C)(C)C(=O)OC. The van der Waals surface area contributed by atoms with Crippen LogP contribution < -0.4 is 0 Å². The molecule has 0 bridgehead atoms. The van der Waals surface area contributed by atoms with Crippen molar-refractivity contribution in [3.63, 3.8) is 0 Å². The Morgan fingerprint density at radius 1 is 1.04 bits per heavy atom. The molecule has 5 atom stereocenters. The molecule has 0 aromatic heterocycles. The second-order valence-electron chi connectivity index (χ2n) is 7.09. The second-order valence-corrected chi connectivity index (χ2v) is 7.09. The van der Waals surface area contributed by atoms with Gasteiger partial charge < -0.3 is 23.7 Å². The third-order valence-electron chi connectivity index (χ3n) is 5.25. The second kappa shape index (κ2) is 10.2. The lowest BCUT2D eigenvalue weighted by molar-refractivity contribution is -0.152. The molecule has 8 heteroatoms. The maximum absolute atomic E-state index is 12.0. The van der Waals surface area contributed by atoms with Crippen LogP contribution in [0.1, 0.15) is 20.8 Å². The van der Waals surface area contributed by atoms with E-state index in [1.54, 1.807) is 34.7 Å². The fourth-order valence-electron chi connectivity index (χ4n) is 3.23. The van der Waals surface area contributed by atoms with E-state index in [-0.39, 0.29) is 36.2 Å². The van der Waals surface area contributed by atoms with Crippen LogP contribution in [0.15, 0.2) is 5.10 Å². The fraction of sp³-hybridized carbons (Fsp3) is 0.889. The Bertz CT molecular complexity index is 451. The first-order valence-corrected chi connectivity index (χ1v) is 8.74. The zero-order valence-corrected chi connectivity index (χ0v) is 17.2. The summed E-state index contributed by atoms with van der Waals surface area (Å²) in [7, 11) is 7.98. The number of carbonyl (C=O) groups excluding carboxylic acids is 1. The molecule has 0 aromatic carbocycles. The largest absolute Gasteiger partial charge is 0.469 e. The van der Waals surface area contributed by atoms with E-state index in [9.17, 15) is 4.79 Å². The minimum absolute atomic E-state index is 0.125. The van der Waals surface area contributed by atoms with Crippen LogP contribution in [0.2, 0.25) is 0 Å². The summed E-state index contributed by atoms with van der Waals surface area (Å²) in [6.07, 6.45) is 1.36. The number of methoxy groups -OCH3 is 5. The number of esters is 1. The lowest BCUT2D eigenvalue weighted by Gasteiger charge is -2.30. The van der Waals surface area contributed by atoms with Gasteiger partial charge in [0.1, 0.15) is 12.2 Å². The molecule has 0 radical (unpaired) electrons. The van der Waals surface area contributed by atoms with Crippen molar-refractivity contribution in [2.24, 2.45) is 16.4 Å². The minimum atomic E-state index is -0.688. The minimum Gasteiger partial charge on any atom is -0.469 e. The van der Waals surface area contributed by atoms with Gasteiger partial charge in [0.2, 0.25) is 0 Å². The number of ether oxygens (including phenoxy) is 5. The van der Waals surface area contributed by atoms with Crippen molar-refractivity contribution >= 4 is 12.2 Å². The number of carbonyl (C=O) groups is 1. The third-order valence-corrected chi connectivity index (χ3v) is 5.25. The Balaban J connectivity index is 3.11. The fourth-order valence-corrected chi connectivity index (χ4v) is 3.23. The molecule has 0 N–H and O–H groups in total.